The van der Waals surface area contributed by atoms with Crippen LogP contribution in [0.5, 0.6) is 0 Å². The minimum atomic E-state index is -0.356. The minimum absolute atomic E-state index is 0.0449. The smallest absolute Gasteiger partial charge is 0.340 e. The molecule has 0 bridgehead atoms. The molecule has 4 rings (SSSR count). The summed E-state index contributed by atoms with van der Waals surface area (Å²) in [5, 5.41) is 9.16. The van der Waals surface area contributed by atoms with E-state index in [0.29, 0.717) is 49.3 Å². The lowest BCUT2D eigenvalue weighted by molar-refractivity contribution is 0.0766. The van der Waals surface area contributed by atoms with Gasteiger partial charge in [0.2, 0.25) is 5.95 Å². The van der Waals surface area contributed by atoms with E-state index in [-0.39, 0.29) is 11.6 Å². The predicted molar refractivity (Wildman–Crippen MR) is 106 cm³/mol. The van der Waals surface area contributed by atoms with Crippen LogP contribution in [-0.4, -0.2) is 67.1 Å². The van der Waals surface area contributed by atoms with E-state index in [1.165, 1.54) is 0 Å². The van der Waals surface area contributed by atoms with Crippen molar-refractivity contribution in [3.8, 4) is 0 Å². The molecule has 3 aromatic heterocycles. The number of amides is 1. The van der Waals surface area contributed by atoms with E-state index in [1.807, 2.05) is 4.90 Å². The van der Waals surface area contributed by atoms with Crippen molar-refractivity contribution in [2.24, 2.45) is 0 Å². The number of carbonyl (C=O) groups excluding carboxylic acids is 1. The molecule has 3 aromatic rings. The lowest BCUT2D eigenvalue weighted by atomic mass is 10.2. The summed E-state index contributed by atoms with van der Waals surface area (Å²) in [5.41, 5.74) is 0.179. The monoisotopic (exact) mass is 395 g/mol. The number of nitrogens with zero attached hydrogens (tertiary/aromatic N) is 6. The Morgan fingerprint density at radius 1 is 1.10 bits per heavy atom. The van der Waals surface area contributed by atoms with Gasteiger partial charge in [-0.05, 0) is 24.6 Å². The standard InChI is InChI=1S/C18H21N9O2/c28-16(26-7-2-8-27(10-9-26)17-19-5-1-6-20-17)13-3-4-14(21-11-13)22-12-15-23-18(29)25-24-15/h1,3-6,11H,2,7-10,12H2,(H,21,22)(H2,23,24,25,29). The molecule has 4 heterocycles. The Kier molecular flexibility index (Phi) is 5.45. The van der Waals surface area contributed by atoms with Crippen LogP contribution in [0.25, 0.3) is 0 Å². The number of aromatic amines is 2. The molecule has 0 spiro atoms. The van der Waals surface area contributed by atoms with Crippen molar-refractivity contribution < 1.29 is 4.79 Å². The van der Waals surface area contributed by atoms with Crippen molar-refractivity contribution in [3.63, 3.8) is 0 Å². The normalized spacial score (nSPS) is 14.5. The van der Waals surface area contributed by atoms with E-state index < -0.39 is 0 Å². The third kappa shape index (κ3) is 4.57. The van der Waals surface area contributed by atoms with Crippen molar-refractivity contribution >= 4 is 17.7 Å². The fraction of sp³-hybridized carbons (Fsp3) is 0.333. The summed E-state index contributed by atoms with van der Waals surface area (Å²) < 4.78 is 0. The van der Waals surface area contributed by atoms with Crippen LogP contribution in [0.4, 0.5) is 11.8 Å². The number of pyridine rings is 1. The molecule has 0 saturated carbocycles. The van der Waals surface area contributed by atoms with Gasteiger partial charge >= 0.3 is 5.69 Å². The third-order valence-electron chi connectivity index (χ3n) is 4.62. The quantitative estimate of drug-likeness (QED) is 0.559. The number of hydrogen-bond acceptors (Lipinski definition) is 8. The third-order valence-corrected chi connectivity index (χ3v) is 4.62. The van der Waals surface area contributed by atoms with Crippen molar-refractivity contribution in [1.82, 2.24) is 35.0 Å². The number of H-pyrrole nitrogens is 2. The van der Waals surface area contributed by atoms with Gasteiger partial charge in [0.15, 0.2) is 0 Å². The van der Waals surface area contributed by atoms with Crippen molar-refractivity contribution in [1.29, 1.82) is 0 Å². The van der Waals surface area contributed by atoms with Crippen molar-refractivity contribution in [2.45, 2.75) is 13.0 Å². The summed E-state index contributed by atoms with van der Waals surface area (Å²) in [5.74, 6) is 1.72. The molecule has 1 aliphatic rings. The van der Waals surface area contributed by atoms with Crippen LogP contribution in [0.15, 0.2) is 41.6 Å². The Hall–Kier alpha value is -3.76. The van der Waals surface area contributed by atoms with Gasteiger partial charge in [-0.15, -0.1) is 0 Å². The first-order valence-corrected chi connectivity index (χ1v) is 9.34. The molecule has 11 nitrogen and oxygen atoms in total. The highest BCUT2D eigenvalue weighted by molar-refractivity contribution is 5.94. The first kappa shape index (κ1) is 18.6. The summed E-state index contributed by atoms with van der Waals surface area (Å²) in [6.45, 7) is 3.09. The molecule has 150 valence electrons. The van der Waals surface area contributed by atoms with E-state index in [4.69, 9.17) is 0 Å². The number of aromatic nitrogens is 6. The number of carbonyl (C=O) groups is 1. The molecule has 0 aromatic carbocycles. The largest absolute Gasteiger partial charge is 0.363 e. The molecule has 1 aliphatic heterocycles. The zero-order chi connectivity index (χ0) is 20.1. The molecule has 1 amide bonds. The number of rotatable bonds is 5. The molecule has 1 saturated heterocycles. The van der Waals surface area contributed by atoms with Gasteiger partial charge in [-0.3, -0.25) is 9.78 Å². The van der Waals surface area contributed by atoms with Gasteiger partial charge in [0.1, 0.15) is 11.6 Å². The van der Waals surface area contributed by atoms with Crippen LogP contribution in [0.3, 0.4) is 0 Å². The highest BCUT2D eigenvalue weighted by Gasteiger charge is 2.21. The summed E-state index contributed by atoms with van der Waals surface area (Å²) in [6, 6.07) is 5.27. The molecule has 0 unspecified atom stereocenters. The second-order valence-corrected chi connectivity index (χ2v) is 6.59. The van der Waals surface area contributed by atoms with Crippen LogP contribution < -0.4 is 15.9 Å². The van der Waals surface area contributed by atoms with Gasteiger partial charge in [-0.2, -0.15) is 5.10 Å². The minimum Gasteiger partial charge on any atom is -0.363 e. The summed E-state index contributed by atoms with van der Waals surface area (Å²) in [4.78, 5) is 43.2. The highest BCUT2D eigenvalue weighted by Crippen LogP contribution is 2.14. The van der Waals surface area contributed by atoms with Crippen molar-refractivity contribution in [2.75, 3.05) is 36.4 Å². The Balaban J connectivity index is 1.34. The molecular weight excluding hydrogens is 374 g/mol. The van der Waals surface area contributed by atoms with Gasteiger partial charge in [0, 0.05) is 44.8 Å². The Morgan fingerprint density at radius 3 is 2.69 bits per heavy atom. The van der Waals surface area contributed by atoms with Gasteiger partial charge in [0.25, 0.3) is 5.91 Å². The van der Waals surface area contributed by atoms with E-state index >= 15 is 0 Å². The van der Waals surface area contributed by atoms with Crippen LogP contribution in [0, 0.1) is 0 Å². The summed E-state index contributed by atoms with van der Waals surface area (Å²) in [7, 11) is 0. The maximum atomic E-state index is 12.9. The van der Waals surface area contributed by atoms with E-state index in [2.05, 4.69) is 40.3 Å². The van der Waals surface area contributed by atoms with Crippen LogP contribution in [0.1, 0.15) is 22.6 Å². The fourth-order valence-electron chi connectivity index (χ4n) is 3.15. The molecule has 29 heavy (non-hydrogen) atoms. The van der Waals surface area contributed by atoms with E-state index in [1.54, 1.807) is 36.8 Å². The Labute approximate surface area is 166 Å². The molecule has 11 heteroatoms. The topological polar surface area (TPSA) is 136 Å². The molecule has 1 fully saturated rings. The zero-order valence-electron chi connectivity index (χ0n) is 15.7. The Morgan fingerprint density at radius 2 is 1.97 bits per heavy atom. The highest BCUT2D eigenvalue weighted by atomic mass is 16.2. The maximum absolute atomic E-state index is 12.9. The molecular formula is C18H21N9O2. The second kappa shape index (κ2) is 8.50. The van der Waals surface area contributed by atoms with Crippen molar-refractivity contribution in [3.05, 3.63) is 58.7 Å². The average molecular weight is 395 g/mol. The number of hydrogen-bond donors (Lipinski definition) is 3. The molecule has 0 aliphatic carbocycles. The summed E-state index contributed by atoms with van der Waals surface area (Å²) >= 11 is 0. The first-order valence-electron chi connectivity index (χ1n) is 9.34. The first-order chi connectivity index (χ1) is 14.2. The molecule has 3 N–H and O–H groups in total. The van der Waals surface area contributed by atoms with E-state index in [0.717, 1.165) is 13.0 Å². The van der Waals surface area contributed by atoms with E-state index in [9.17, 15) is 9.59 Å². The van der Waals surface area contributed by atoms with Gasteiger partial charge in [0.05, 0.1) is 12.1 Å². The summed E-state index contributed by atoms with van der Waals surface area (Å²) in [6.07, 6.45) is 5.85. The fourth-order valence-corrected chi connectivity index (χ4v) is 3.15. The maximum Gasteiger partial charge on any atom is 0.340 e. The second-order valence-electron chi connectivity index (χ2n) is 6.59. The van der Waals surface area contributed by atoms with Crippen LogP contribution in [-0.2, 0) is 6.54 Å². The SMILES string of the molecule is O=C(c1ccc(NCc2n[nH]c(=O)[nH]2)nc1)N1CCCN(c2ncccn2)CC1. The Bertz CT molecular complexity index is 1000. The zero-order valence-corrected chi connectivity index (χ0v) is 15.7. The van der Waals surface area contributed by atoms with Gasteiger partial charge < -0.3 is 15.1 Å². The lowest BCUT2D eigenvalue weighted by Crippen LogP contribution is -2.35. The average Bonchev–Trinajstić information content (AvgIpc) is 3.03. The number of nitrogens with one attached hydrogen (secondary N) is 3. The number of anilines is 2. The molecule has 0 atom stereocenters. The van der Waals surface area contributed by atoms with Gasteiger partial charge in [-0.1, -0.05) is 0 Å². The predicted octanol–water partition coefficient (Wildman–Crippen LogP) is 0.248. The van der Waals surface area contributed by atoms with Crippen LogP contribution >= 0.6 is 0 Å². The van der Waals surface area contributed by atoms with Crippen LogP contribution in [0.2, 0.25) is 0 Å². The molecule has 0 radical (unpaired) electrons. The lowest BCUT2D eigenvalue weighted by Gasteiger charge is -2.22. The van der Waals surface area contributed by atoms with Gasteiger partial charge in [-0.25, -0.2) is 24.8 Å².